The lowest BCUT2D eigenvalue weighted by Crippen LogP contribution is -2.65. The van der Waals surface area contributed by atoms with Crippen LogP contribution < -0.4 is 0 Å². The average Bonchev–Trinajstić information content (AvgIpc) is 3.16. The number of ether oxygens (including phenoxy) is 7. The molecule has 2 aromatic rings. The van der Waals surface area contributed by atoms with E-state index in [1.807, 2.05) is 0 Å². The van der Waals surface area contributed by atoms with Gasteiger partial charge in [-0.05, 0) is 54.8 Å². The van der Waals surface area contributed by atoms with E-state index < -0.39 is 123 Å². The van der Waals surface area contributed by atoms with Gasteiger partial charge in [-0.1, -0.05) is 12.1 Å². The maximum atomic E-state index is 13.3. The molecule has 0 amide bonds. The molecule has 20 nitrogen and oxygen atoms in total. The van der Waals surface area contributed by atoms with Gasteiger partial charge in [0.05, 0.1) is 25.9 Å². The Balaban J connectivity index is 1.43. The first-order chi connectivity index (χ1) is 26.1. The van der Waals surface area contributed by atoms with Gasteiger partial charge in [0, 0.05) is 6.08 Å². The lowest BCUT2D eigenvalue weighted by molar-refractivity contribution is -0.364. The predicted octanol–water partition coefficient (Wildman–Crippen LogP) is -3.19. The van der Waals surface area contributed by atoms with Gasteiger partial charge in [0.1, 0.15) is 61.0 Å². The lowest BCUT2D eigenvalue weighted by Gasteiger charge is -2.47. The first-order valence-corrected chi connectivity index (χ1v) is 17.2. The van der Waals surface area contributed by atoms with Crippen LogP contribution in [0, 0.1) is 0 Å². The number of phenols is 4. The maximum Gasteiger partial charge on any atom is 0.331 e. The smallest absolute Gasteiger partial charge is 0.331 e. The second kappa shape index (κ2) is 18.5. The molecule has 20 heteroatoms. The molecule has 12 N–H and O–H groups in total. The third kappa shape index (κ3) is 10.0. The van der Waals surface area contributed by atoms with Gasteiger partial charge < -0.3 is 94.4 Å². The number of carbonyl (C=O) groups excluding carboxylic acids is 1. The molecule has 0 bridgehead atoms. The minimum atomic E-state index is -1.88. The number of hydrogen-bond acceptors (Lipinski definition) is 20. The molecule has 2 aromatic carbocycles. The zero-order valence-electron chi connectivity index (χ0n) is 29.2. The van der Waals surface area contributed by atoms with E-state index in [9.17, 15) is 66.1 Å². The quantitative estimate of drug-likeness (QED) is 0.0541. The van der Waals surface area contributed by atoms with Crippen molar-refractivity contribution in [2.45, 2.75) is 105 Å². The van der Waals surface area contributed by atoms with Gasteiger partial charge in [0.25, 0.3) is 0 Å². The second-order valence-electron chi connectivity index (χ2n) is 13.3. The number of carbonyl (C=O) groups is 1. The van der Waals surface area contributed by atoms with E-state index in [0.717, 1.165) is 12.1 Å². The Hall–Kier alpha value is -3.71. The first kappa shape index (κ1) is 42.4. The molecular weight excluding hydrogens is 740 g/mol. The Kier molecular flexibility index (Phi) is 14.3. The molecule has 0 radical (unpaired) electrons. The molecule has 0 spiro atoms. The molecule has 3 fully saturated rings. The summed E-state index contributed by atoms with van der Waals surface area (Å²) in [5.74, 6) is -2.71. The van der Waals surface area contributed by atoms with Gasteiger partial charge in [0.15, 0.2) is 48.0 Å². The van der Waals surface area contributed by atoms with Gasteiger partial charge in [-0.25, -0.2) is 4.79 Å². The zero-order chi connectivity index (χ0) is 40.1. The van der Waals surface area contributed by atoms with Crippen molar-refractivity contribution in [3.05, 3.63) is 53.6 Å². The highest BCUT2D eigenvalue weighted by atomic mass is 16.8. The van der Waals surface area contributed by atoms with Crippen LogP contribution in [0.25, 0.3) is 6.08 Å². The van der Waals surface area contributed by atoms with E-state index in [2.05, 4.69) is 0 Å². The fourth-order valence-corrected chi connectivity index (χ4v) is 6.14. The third-order valence-electron chi connectivity index (χ3n) is 9.36. The van der Waals surface area contributed by atoms with Crippen LogP contribution >= 0.6 is 0 Å². The highest BCUT2D eigenvalue weighted by molar-refractivity contribution is 5.87. The Bertz CT molecular complexity index is 1610. The van der Waals surface area contributed by atoms with E-state index in [1.165, 1.54) is 43.3 Å². The van der Waals surface area contributed by atoms with Gasteiger partial charge in [-0.15, -0.1) is 0 Å². The fourth-order valence-electron chi connectivity index (χ4n) is 6.14. The largest absolute Gasteiger partial charge is 0.504 e. The summed E-state index contributed by atoms with van der Waals surface area (Å²) < 4.78 is 40.2. The lowest BCUT2D eigenvalue weighted by atomic mass is 9.96. The minimum absolute atomic E-state index is 0.111. The Morgan fingerprint density at radius 3 is 1.96 bits per heavy atom. The SMILES string of the molecule is C[C@@H]1O[C@@H](O[C@@H]2[C@@H](O)[C@H](OCCc3ccc(O)c(O)c3)O[C@H](CO[C@@H]3O[C@H](CO)[C@@H](O)[C@H](O)[C@H]3O)[C@@H]2OC(=O)C=Cc2ccc(O)c(O)c2)[C@H](O)[C@H](O)[C@H]1O. The third-order valence-corrected chi connectivity index (χ3v) is 9.36. The van der Waals surface area contributed by atoms with Gasteiger partial charge in [0.2, 0.25) is 0 Å². The number of hydrogen-bond donors (Lipinski definition) is 12. The van der Waals surface area contributed by atoms with E-state index in [4.69, 9.17) is 33.2 Å². The van der Waals surface area contributed by atoms with E-state index in [-0.39, 0.29) is 30.1 Å². The average molecular weight is 787 g/mol. The monoisotopic (exact) mass is 786 g/mol. The van der Waals surface area contributed by atoms with Crippen molar-refractivity contribution < 1.29 is 99.2 Å². The van der Waals surface area contributed by atoms with Crippen LogP contribution in [0.5, 0.6) is 23.0 Å². The normalized spacial score (nSPS) is 36.9. The summed E-state index contributed by atoms with van der Waals surface area (Å²) >= 11 is 0. The molecule has 5 rings (SSSR count). The van der Waals surface area contributed by atoms with Crippen LogP contribution in [-0.2, 0) is 44.4 Å². The molecule has 0 unspecified atom stereocenters. The van der Waals surface area contributed by atoms with Gasteiger partial charge in [-0.3, -0.25) is 0 Å². The molecule has 3 aliphatic heterocycles. The van der Waals surface area contributed by atoms with Crippen molar-refractivity contribution in [1.29, 1.82) is 0 Å². The summed E-state index contributed by atoms with van der Waals surface area (Å²) in [5.41, 5.74) is 0.773. The number of aromatic hydroxyl groups is 4. The van der Waals surface area contributed by atoms with Crippen molar-refractivity contribution in [3.63, 3.8) is 0 Å². The van der Waals surface area contributed by atoms with Crippen LogP contribution in [0.2, 0.25) is 0 Å². The first-order valence-electron chi connectivity index (χ1n) is 17.2. The highest BCUT2D eigenvalue weighted by Crippen LogP contribution is 2.33. The minimum Gasteiger partial charge on any atom is -0.504 e. The molecule has 55 heavy (non-hydrogen) atoms. The van der Waals surface area contributed by atoms with Crippen molar-refractivity contribution >= 4 is 12.0 Å². The summed E-state index contributed by atoms with van der Waals surface area (Å²) in [4.78, 5) is 13.3. The summed E-state index contributed by atoms with van der Waals surface area (Å²) in [7, 11) is 0. The molecule has 0 saturated carbocycles. The van der Waals surface area contributed by atoms with Crippen molar-refractivity contribution in [1.82, 2.24) is 0 Å². The van der Waals surface area contributed by atoms with Crippen LogP contribution in [-0.4, -0.2) is 179 Å². The number of rotatable bonds is 13. The Labute approximate surface area is 313 Å². The Morgan fingerprint density at radius 1 is 0.673 bits per heavy atom. The molecule has 3 heterocycles. The van der Waals surface area contributed by atoms with E-state index in [1.54, 1.807) is 0 Å². The fraction of sp³-hybridized carbons (Fsp3) is 0.571. The molecule has 306 valence electrons. The van der Waals surface area contributed by atoms with E-state index >= 15 is 0 Å². The molecule has 0 aliphatic carbocycles. The van der Waals surface area contributed by atoms with Crippen LogP contribution in [0.4, 0.5) is 0 Å². The summed E-state index contributed by atoms with van der Waals surface area (Å²) in [5, 5.41) is 123. The van der Waals surface area contributed by atoms with Crippen molar-refractivity contribution in [2.24, 2.45) is 0 Å². The number of aliphatic hydroxyl groups excluding tert-OH is 8. The van der Waals surface area contributed by atoms with E-state index in [0.29, 0.717) is 5.56 Å². The van der Waals surface area contributed by atoms with Crippen LogP contribution in [0.3, 0.4) is 0 Å². The summed E-state index contributed by atoms with van der Waals surface area (Å²) in [6, 6.07) is 7.75. The van der Waals surface area contributed by atoms with Crippen LogP contribution in [0.1, 0.15) is 18.1 Å². The number of aliphatic hydroxyl groups is 8. The second-order valence-corrected chi connectivity index (χ2v) is 13.3. The number of esters is 1. The number of benzene rings is 2. The van der Waals surface area contributed by atoms with Crippen LogP contribution in [0.15, 0.2) is 42.5 Å². The molecule has 3 saturated heterocycles. The Morgan fingerprint density at radius 2 is 1.29 bits per heavy atom. The summed E-state index contributed by atoms with van der Waals surface area (Å²) in [6.45, 7) is -0.254. The topological polar surface area (TPSA) is 324 Å². The van der Waals surface area contributed by atoms with Gasteiger partial charge >= 0.3 is 5.97 Å². The maximum absolute atomic E-state index is 13.3. The van der Waals surface area contributed by atoms with Crippen molar-refractivity contribution in [3.8, 4) is 23.0 Å². The highest BCUT2D eigenvalue weighted by Gasteiger charge is 2.53. The predicted molar refractivity (Wildman–Crippen MR) is 180 cm³/mol. The molecule has 0 aromatic heterocycles. The molecular formula is C35H46O20. The van der Waals surface area contributed by atoms with Crippen molar-refractivity contribution in [2.75, 3.05) is 19.8 Å². The van der Waals surface area contributed by atoms with Gasteiger partial charge in [-0.2, -0.15) is 0 Å². The zero-order valence-corrected chi connectivity index (χ0v) is 29.2. The molecule has 3 aliphatic rings. The summed E-state index contributed by atoms with van der Waals surface area (Å²) in [6.07, 6.45) is -22.6. The standard InChI is InChI=1S/C35H46O20/c1-14-24(42)26(44)29(47)35(51-14)55-32-30(48)34(49-9-8-16-3-6-18(38)20(40)11-16)53-22(13-50-33-28(46)27(45)25(43)21(12-36)52-33)31(32)54-23(41)7-4-15-2-5-17(37)19(39)10-15/h2-7,10-11,14,21-22,24-40,42-48H,8-9,12-13H2,1H3/t14-,21+,22+,24-,25+,26+,27-,28+,29+,30+,31-,32+,33+,34+,35-/m0/s1. The number of phenolic OH excluding ortho intramolecular Hbond substituents is 4. The molecule has 15 atom stereocenters.